The van der Waals surface area contributed by atoms with E-state index in [2.05, 4.69) is 26.7 Å². The largest absolute Gasteiger partial charge is 0.360 e. The van der Waals surface area contributed by atoms with Crippen molar-refractivity contribution < 1.29 is 14.0 Å². The number of carbonyl (C=O) groups is 2. The standard InChI is InChI=1S/C31H29FN4O2S/c1-18(20-8-5-9-23(32)14-20)34-30(38)25-17-33-26-12-10-21(15-24(25)26)22-11-13-27-28(16-22)39-31(35-27)36-29(37)19-6-3-2-4-7-19/h5,8-19,33H,2-4,6-7H2,1H3,(H,34,38)(H,35,36,37). The van der Waals surface area contributed by atoms with E-state index in [1.165, 1.54) is 29.9 Å². The molecule has 2 amide bonds. The smallest absolute Gasteiger partial charge is 0.253 e. The van der Waals surface area contributed by atoms with Gasteiger partial charge in [-0.25, -0.2) is 9.37 Å². The van der Waals surface area contributed by atoms with E-state index in [1.54, 1.807) is 18.3 Å². The summed E-state index contributed by atoms with van der Waals surface area (Å²) in [5.41, 5.74) is 4.90. The molecule has 3 N–H and O–H groups in total. The topological polar surface area (TPSA) is 86.9 Å². The van der Waals surface area contributed by atoms with Crippen molar-refractivity contribution in [3.05, 3.63) is 83.8 Å². The molecule has 1 unspecified atom stereocenters. The molecule has 39 heavy (non-hydrogen) atoms. The van der Waals surface area contributed by atoms with E-state index in [0.717, 1.165) is 57.9 Å². The molecule has 2 aromatic heterocycles. The van der Waals surface area contributed by atoms with Crippen molar-refractivity contribution in [2.45, 2.75) is 45.1 Å². The van der Waals surface area contributed by atoms with Crippen LogP contribution < -0.4 is 10.6 Å². The monoisotopic (exact) mass is 540 g/mol. The van der Waals surface area contributed by atoms with Crippen molar-refractivity contribution in [3.8, 4) is 11.1 Å². The van der Waals surface area contributed by atoms with Crippen LogP contribution >= 0.6 is 11.3 Å². The molecule has 2 heterocycles. The fraction of sp³-hybridized carbons (Fsp3) is 0.258. The summed E-state index contributed by atoms with van der Waals surface area (Å²) in [6.07, 6.45) is 7.04. The molecule has 1 saturated carbocycles. The molecule has 1 atom stereocenters. The number of H-pyrrole nitrogens is 1. The Kier molecular flexibility index (Phi) is 6.87. The molecular weight excluding hydrogens is 511 g/mol. The van der Waals surface area contributed by atoms with Gasteiger partial charge in [-0.15, -0.1) is 0 Å². The lowest BCUT2D eigenvalue weighted by atomic mass is 9.89. The van der Waals surface area contributed by atoms with Gasteiger partial charge in [-0.1, -0.05) is 54.9 Å². The highest BCUT2D eigenvalue weighted by molar-refractivity contribution is 7.22. The van der Waals surface area contributed by atoms with Gasteiger partial charge in [-0.2, -0.15) is 0 Å². The van der Waals surface area contributed by atoms with Gasteiger partial charge in [0.15, 0.2) is 5.13 Å². The van der Waals surface area contributed by atoms with Gasteiger partial charge in [0.25, 0.3) is 5.91 Å². The molecule has 1 aliphatic rings. The third-order valence-electron chi connectivity index (χ3n) is 7.55. The summed E-state index contributed by atoms with van der Waals surface area (Å²) in [5, 5.41) is 7.44. The molecule has 0 saturated heterocycles. The van der Waals surface area contributed by atoms with Crippen molar-refractivity contribution in [2.24, 2.45) is 5.92 Å². The number of amides is 2. The number of nitrogens with one attached hydrogen (secondary N) is 3. The average molecular weight is 541 g/mol. The first-order valence-electron chi connectivity index (χ1n) is 13.3. The quantitative estimate of drug-likeness (QED) is 0.207. The number of halogens is 1. The van der Waals surface area contributed by atoms with Gasteiger partial charge in [-0.05, 0) is 72.9 Å². The number of carbonyl (C=O) groups excluding carboxylic acids is 2. The number of anilines is 1. The summed E-state index contributed by atoms with van der Waals surface area (Å²) in [5.74, 6) is -0.407. The van der Waals surface area contributed by atoms with Crippen LogP contribution in [0.3, 0.4) is 0 Å². The number of aromatic amines is 1. The second-order valence-electron chi connectivity index (χ2n) is 10.2. The van der Waals surface area contributed by atoms with Crippen LogP contribution in [-0.4, -0.2) is 21.8 Å². The fourth-order valence-electron chi connectivity index (χ4n) is 5.35. The maximum atomic E-state index is 13.6. The molecule has 6 rings (SSSR count). The Bertz CT molecular complexity index is 1680. The SMILES string of the molecule is CC(NC(=O)c1c[nH]c2ccc(-c3ccc4nc(NC(=O)C5CCCCC5)sc4c3)cc12)c1cccc(F)c1. The third-order valence-corrected chi connectivity index (χ3v) is 8.48. The van der Waals surface area contributed by atoms with Crippen molar-refractivity contribution in [2.75, 3.05) is 5.32 Å². The minimum absolute atomic E-state index is 0.0735. The number of fused-ring (bicyclic) bond motifs is 2. The van der Waals surface area contributed by atoms with Crippen LogP contribution in [-0.2, 0) is 4.79 Å². The molecule has 1 fully saturated rings. The van der Waals surface area contributed by atoms with Gasteiger partial charge in [-0.3, -0.25) is 9.59 Å². The van der Waals surface area contributed by atoms with E-state index in [4.69, 9.17) is 0 Å². The Labute approximate surface area is 229 Å². The van der Waals surface area contributed by atoms with Crippen molar-refractivity contribution in [1.29, 1.82) is 0 Å². The summed E-state index contributed by atoms with van der Waals surface area (Å²) in [6.45, 7) is 1.84. The summed E-state index contributed by atoms with van der Waals surface area (Å²) < 4.78 is 14.6. The Balaban J connectivity index is 1.23. The number of thiazole rings is 1. The minimum Gasteiger partial charge on any atom is -0.360 e. The first-order chi connectivity index (χ1) is 18.9. The van der Waals surface area contributed by atoms with Gasteiger partial charge < -0.3 is 15.6 Å². The molecule has 6 nitrogen and oxygen atoms in total. The Morgan fingerprint density at radius 1 is 1.03 bits per heavy atom. The Hall–Kier alpha value is -4.04. The van der Waals surface area contributed by atoms with Crippen LogP contribution in [0.2, 0.25) is 0 Å². The highest BCUT2D eigenvalue weighted by Gasteiger charge is 2.22. The van der Waals surface area contributed by atoms with E-state index >= 15 is 0 Å². The number of hydrogen-bond acceptors (Lipinski definition) is 4. The van der Waals surface area contributed by atoms with Gasteiger partial charge in [0.1, 0.15) is 5.82 Å². The predicted octanol–water partition coefficient (Wildman–Crippen LogP) is 7.59. The van der Waals surface area contributed by atoms with Crippen molar-refractivity contribution in [3.63, 3.8) is 0 Å². The highest BCUT2D eigenvalue weighted by atomic mass is 32.1. The fourth-order valence-corrected chi connectivity index (χ4v) is 6.26. The van der Waals surface area contributed by atoms with Crippen molar-refractivity contribution in [1.82, 2.24) is 15.3 Å². The van der Waals surface area contributed by atoms with Gasteiger partial charge in [0.05, 0.1) is 21.8 Å². The first kappa shape index (κ1) is 25.2. The van der Waals surface area contributed by atoms with Gasteiger partial charge in [0.2, 0.25) is 5.91 Å². The number of rotatable bonds is 6. The second-order valence-corrected chi connectivity index (χ2v) is 11.3. The normalized spacial score (nSPS) is 14.9. The number of nitrogens with zero attached hydrogens (tertiary/aromatic N) is 1. The zero-order valence-corrected chi connectivity index (χ0v) is 22.4. The Morgan fingerprint density at radius 3 is 2.64 bits per heavy atom. The summed E-state index contributed by atoms with van der Waals surface area (Å²) in [7, 11) is 0. The van der Waals surface area contributed by atoms with Crippen LogP contribution in [0.15, 0.2) is 66.9 Å². The lowest BCUT2D eigenvalue weighted by molar-refractivity contribution is -0.120. The lowest BCUT2D eigenvalue weighted by Gasteiger charge is -2.19. The average Bonchev–Trinajstić information content (AvgIpc) is 3.56. The van der Waals surface area contributed by atoms with Crippen LogP contribution in [0.25, 0.3) is 32.2 Å². The molecule has 1 aliphatic carbocycles. The van der Waals surface area contributed by atoms with Crippen LogP contribution in [0.4, 0.5) is 9.52 Å². The number of hydrogen-bond donors (Lipinski definition) is 3. The maximum Gasteiger partial charge on any atom is 0.253 e. The van der Waals surface area contributed by atoms with Crippen LogP contribution in [0, 0.1) is 11.7 Å². The maximum absolute atomic E-state index is 13.6. The van der Waals surface area contributed by atoms with E-state index in [9.17, 15) is 14.0 Å². The predicted molar refractivity (Wildman–Crippen MR) is 154 cm³/mol. The summed E-state index contributed by atoms with van der Waals surface area (Å²) in [4.78, 5) is 33.6. The number of aromatic nitrogens is 2. The molecule has 0 spiro atoms. The molecule has 0 bridgehead atoms. The number of benzene rings is 3. The molecule has 198 valence electrons. The first-order valence-corrected chi connectivity index (χ1v) is 14.2. The van der Waals surface area contributed by atoms with E-state index in [0.29, 0.717) is 16.3 Å². The molecule has 0 radical (unpaired) electrons. The van der Waals surface area contributed by atoms with Gasteiger partial charge in [0, 0.05) is 23.0 Å². The lowest BCUT2D eigenvalue weighted by Crippen LogP contribution is -2.26. The van der Waals surface area contributed by atoms with Crippen molar-refractivity contribution >= 4 is 49.4 Å². The molecular formula is C31H29FN4O2S. The van der Waals surface area contributed by atoms with E-state index < -0.39 is 0 Å². The third kappa shape index (κ3) is 5.29. The summed E-state index contributed by atoms with van der Waals surface area (Å²) in [6, 6.07) is 17.9. The van der Waals surface area contributed by atoms with E-state index in [1.807, 2.05) is 37.3 Å². The Morgan fingerprint density at radius 2 is 1.82 bits per heavy atom. The van der Waals surface area contributed by atoms with Gasteiger partial charge >= 0.3 is 0 Å². The van der Waals surface area contributed by atoms with Crippen LogP contribution in [0.5, 0.6) is 0 Å². The zero-order valence-electron chi connectivity index (χ0n) is 21.6. The second kappa shape index (κ2) is 10.6. The zero-order chi connectivity index (χ0) is 26.9. The van der Waals surface area contributed by atoms with Crippen LogP contribution in [0.1, 0.15) is 61.0 Å². The highest BCUT2D eigenvalue weighted by Crippen LogP contribution is 2.33. The minimum atomic E-state index is -0.345. The molecule has 5 aromatic rings. The summed E-state index contributed by atoms with van der Waals surface area (Å²) >= 11 is 1.48. The molecule has 0 aliphatic heterocycles. The molecule has 8 heteroatoms. The molecule has 3 aromatic carbocycles. The van der Waals surface area contributed by atoms with E-state index in [-0.39, 0.29) is 29.6 Å².